The number of amides is 1. The molecule has 0 bridgehead atoms. The zero-order valence-electron chi connectivity index (χ0n) is 8.33. The largest absolute Gasteiger partial charge is 0.291 e. The molecule has 0 spiro atoms. The van der Waals surface area contributed by atoms with Gasteiger partial charge in [-0.25, -0.2) is 9.97 Å². The van der Waals surface area contributed by atoms with E-state index in [-0.39, 0.29) is 5.91 Å². The van der Waals surface area contributed by atoms with Gasteiger partial charge in [-0.2, -0.15) is 0 Å². The highest BCUT2D eigenvalue weighted by Gasteiger charge is 1.98. The van der Waals surface area contributed by atoms with Crippen LogP contribution in [0.4, 0.5) is 5.95 Å². The van der Waals surface area contributed by atoms with E-state index in [1.54, 1.807) is 35.9 Å². The van der Waals surface area contributed by atoms with E-state index in [4.69, 9.17) is 0 Å². The normalized spacial score (nSPS) is 10.5. The Morgan fingerprint density at radius 1 is 1.31 bits per heavy atom. The molecule has 0 radical (unpaired) electrons. The van der Waals surface area contributed by atoms with Gasteiger partial charge in [-0.1, -0.05) is 6.07 Å². The van der Waals surface area contributed by atoms with Crippen molar-refractivity contribution in [2.45, 2.75) is 0 Å². The molecule has 16 heavy (non-hydrogen) atoms. The van der Waals surface area contributed by atoms with E-state index >= 15 is 0 Å². The second-order valence-electron chi connectivity index (χ2n) is 2.91. The predicted octanol–water partition coefficient (Wildman–Crippen LogP) is 2.19. The van der Waals surface area contributed by atoms with Crippen LogP contribution >= 0.6 is 11.3 Å². The number of aromatic nitrogens is 2. The first-order valence-corrected chi connectivity index (χ1v) is 5.52. The first-order valence-electron chi connectivity index (χ1n) is 4.64. The summed E-state index contributed by atoms with van der Waals surface area (Å²) in [6.07, 6.45) is 6.36. The minimum Gasteiger partial charge on any atom is -0.291 e. The van der Waals surface area contributed by atoms with Gasteiger partial charge in [-0.15, -0.1) is 11.3 Å². The third-order valence-electron chi connectivity index (χ3n) is 1.74. The number of carbonyl (C=O) groups is 1. The Kier molecular flexibility index (Phi) is 3.40. The lowest BCUT2D eigenvalue weighted by molar-refractivity contribution is -0.111. The third-order valence-corrected chi connectivity index (χ3v) is 2.58. The fourth-order valence-electron chi connectivity index (χ4n) is 1.06. The number of carbonyl (C=O) groups excluding carboxylic acids is 1. The summed E-state index contributed by atoms with van der Waals surface area (Å²) < 4.78 is 0. The van der Waals surface area contributed by atoms with Crippen molar-refractivity contribution in [2.75, 3.05) is 5.32 Å². The van der Waals surface area contributed by atoms with Gasteiger partial charge >= 0.3 is 0 Å². The Balaban J connectivity index is 1.95. The predicted molar refractivity (Wildman–Crippen MR) is 64.0 cm³/mol. The number of nitrogens with one attached hydrogen (secondary N) is 1. The molecule has 0 aliphatic heterocycles. The number of rotatable bonds is 3. The van der Waals surface area contributed by atoms with Crippen molar-refractivity contribution in [1.82, 2.24) is 9.97 Å². The molecule has 0 aliphatic rings. The zero-order chi connectivity index (χ0) is 11.2. The van der Waals surface area contributed by atoms with Crippen molar-refractivity contribution in [1.29, 1.82) is 0 Å². The van der Waals surface area contributed by atoms with Gasteiger partial charge in [0, 0.05) is 23.3 Å². The van der Waals surface area contributed by atoms with Crippen molar-refractivity contribution in [3.63, 3.8) is 0 Å². The second kappa shape index (κ2) is 5.18. The molecule has 2 aromatic heterocycles. The molecule has 80 valence electrons. The van der Waals surface area contributed by atoms with Gasteiger partial charge < -0.3 is 0 Å². The van der Waals surface area contributed by atoms with Crippen molar-refractivity contribution in [2.24, 2.45) is 0 Å². The van der Waals surface area contributed by atoms with E-state index in [0.717, 1.165) is 4.88 Å². The molecular formula is C11H9N3OS. The summed E-state index contributed by atoms with van der Waals surface area (Å²) >= 11 is 1.57. The summed E-state index contributed by atoms with van der Waals surface area (Å²) in [5.41, 5.74) is 0. The fraction of sp³-hybridized carbons (Fsp3) is 0. The molecule has 0 saturated heterocycles. The molecular weight excluding hydrogens is 222 g/mol. The molecule has 0 atom stereocenters. The Bertz CT molecular complexity index is 479. The Morgan fingerprint density at radius 2 is 2.12 bits per heavy atom. The van der Waals surface area contributed by atoms with E-state index < -0.39 is 0 Å². The van der Waals surface area contributed by atoms with E-state index in [9.17, 15) is 4.79 Å². The Morgan fingerprint density at radius 3 is 2.81 bits per heavy atom. The lowest BCUT2D eigenvalue weighted by Crippen LogP contribution is -2.10. The van der Waals surface area contributed by atoms with Gasteiger partial charge in [0.05, 0.1) is 0 Å². The summed E-state index contributed by atoms with van der Waals surface area (Å²) in [6.45, 7) is 0. The van der Waals surface area contributed by atoms with Crippen molar-refractivity contribution in [3.8, 4) is 0 Å². The first kappa shape index (κ1) is 10.5. The molecule has 1 N–H and O–H groups in total. The van der Waals surface area contributed by atoms with E-state index in [1.165, 1.54) is 6.08 Å². The Hall–Kier alpha value is -2.01. The fourth-order valence-corrected chi connectivity index (χ4v) is 1.68. The van der Waals surface area contributed by atoms with Crippen LogP contribution in [-0.4, -0.2) is 15.9 Å². The number of hydrogen-bond acceptors (Lipinski definition) is 4. The van der Waals surface area contributed by atoms with Crippen LogP contribution in [0.25, 0.3) is 6.08 Å². The van der Waals surface area contributed by atoms with Gasteiger partial charge in [-0.05, 0) is 23.6 Å². The average molecular weight is 231 g/mol. The topological polar surface area (TPSA) is 54.9 Å². The van der Waals surface area contributed by atoms with Crippen molar-refractivity contribution >= 4 is 29.3 Å². The summed E-state index contributed by atoms with van der Waals surface area (Å²) in [6, 6.07) is 5.56. The molecule has 0 fully saturated rings. The summed E-state index contributed by atoms with van der Waals surface area (Å²) in [5, 5.41) is 4.52. The highest BCUT2D eigenvalue weighted by molar-refractivity contribution is 7.10. The van der Waals surface area contributed by atoms with Crippen LogP contribution in [0.1, 0.15) is 4.88 Å². The van der Waals surface area contributed by atoms with Crippen molar-refractivity contribution in [3.05, 3.63) is 46.9 Å². The summed E-state index contributed by atoms with van der Waals surface area (Å²) in [4.78, 5) is 20.2. The van der Waals surface area contributed by atoms with Gasteiger partial charge in [-0.3, -0.25) is 10.1 Å². The van der Waals surface area contributed by atoms with E-state index in [0.29, 0.717) is 5.95 Å². The lowest BCUT2D eigenvalue weighted by atomic mass is 10.4. The highest BCUT2D eigenvalue weighted by atomic mass is 32.1. The molecule has 5 heteroatoms. The molecule has 2 aromatic rings. The smallest absolute Gasteiger partial charge is 0.250 e. The van der Waals surface area contributed by atoms with Gasteiger partial charge in [0.25, 0.3) is 5.91 Å². The molecule has 0 unspecified atom stereocenters. The van der Waals surface area contributed by atoms with E-state index in [2.05, 4.69) is 15.3 Å². The van der Waals surface area contributed by atoms with Crippen LogP contribution in [0.3, 0.4) is 0 Å². The third kappa shape index (κ3) is 2.99. The van der Waals surface area contributed by atoms with Crippen LogP contribution in [0.2, 0.25) is 0 Å². The summed E-state index contributed by atoms with van der Waals surface area (Å²) in [7, 11) is 0. The van der Waals surface area contributed by atoms with Gasteiger partial charge in [0.15, 0.2) is 0 Å². The second-order valence-corrected chi connectivity index (χ2v) is 3.89. The molecule has 2 rings (SSSR count). The maximum absolute atomic E-state index is 11.4. The minimum absolute atomic E-state index is 0.236. The monoisotopic (exact) mass is 231 g/mol. The molecule has 2 heterocycles. The number of hydrogen-bond donors (Lipinski definition) is 1. The highest BCUT2D eigenvalue weighted by Crippen LogP contribution is 2.10. The average Bonchev–Trinajstić information content (AvgIpc) is 2.81. The Labute approximate surface area is 96.7 Å². The number of anilines is 1. The maximum Gasteiger partial charge on any atom is 0.250 e. The maximum atomic E-state index is 11.4. The zero-order valence-corrected chi connectivity index (χ0v) is 9.15. The van der Waals surface area contributed by atoms with Crippen LogP contribution in [0.15, 0.2) is 42.0 Å². The van der Waals surface area contributed by atoms with Crippen molar-refractivity contribution < 1.29 is 4.79 Å². The van der Waals surface area contributed by atoms with Gasteiger partial charge in [0.2, 0.25) is 5.95 Å². The lowest BCUT2D eigenvalue weighted by Gasteiger charge is -1.97. The van der Waals surface area contributed by atoms with E-state index in [1.807, 2.05) is 17.5 Å². The summed E-state index contributed by atoms with van der Waals surface area (Å²) in [5.74, 6) is 0.0722. The van der Waals surface area contributed by atoms with Crippen LogP contribution in [0, 0.1) is 0 Å². The van der Waals surface area contributed by atoms with Crippen LogP contribution in [-0.2, 0) is 4.79 Å². The SMILES string of the molecule is O=C(/C=C/c1cccs1)Nc1ncccn1. The van der Waals surface area contributed by atoms with Gasteiger partial charge in [0.1, 0.15) is 0 Å². The molecule has 0 aliphatic carbocycles. The molecule has 1 amide bonds. The minimum atomic E-state index is -0.236. The molecule has 4 nitrogen and oxygen atoms in total. The van der Waals surface area contributed by atoms with Crippen LogP contribution < -0.4 is 5.32 Å². The van der Waals surface area contributed by atoms with Crippen LogP contribution in [0.5, 0.6) is 0 Å². The molecule has 0 saturated carbocycles. The number of thiophene rings is 1. The standard InChI is InChI=1S/C11H9N3OS/c15-10(5-4-9-3-1-8-16-9)14-11-12-6-2-7-13-11/h1-8H,(H,12,13,14,15)/b5-4+. The number of nitrogens with zero attached hydrogens (tertiary/aromatic N) is 2. The quantitative estimate of drug-likeness (QED) is 0.824. The first-order chi connectivity index (χ1) is 7.84. The molecule has 0 aromatic carbocycles.